The number of nitrogens with zero attached hydrogens (tertiary/aromatic N) is 2. The van der Waals surface area contributed by atoms with E-state index in [2.05, 4.69) is 16.8 Å². The quantitative estimate of drug-likeness (QED) is 0.290. The van der Waals surface area contributed by atoms with Crippen molar-refractivity contribution in [2.45, 2.75) is 77.4 Å². The van der Waals surface area contributed by atoms with Crippen LogP contribution in [-0.2, 0) is 16.4 Å². The molecule has 2 aliphatic rings. The molecule has 1 atom stereocenters. The number of aliphatic hydroxyl groups is 1. The van der Waals surface area contributed by atoms with Crippen molar-refractivity contribution in [1.29, 1.82) is 0 Å². The molecule has 10 heteroatoms. The Morgan fingerprint density at radius 1 is 1.21 bits per heavy atom. The Bertz CT molecular complexity index is 1240. The lowest BCUT2D eigenvalue weighted by Gasteiger charge is -2.38. The van der Waals surface area contributed by atoms with E-state index in [1.807, 2.05) is 46.8 Å². The molecule has 1 amide bonds. The van der Waals surface area contributed by atoms with Crippen LogP contribution in [0.2, 0.25) is 5.02 Å². The molecule has 1 saturated heterocycles. The molecule has 2 aliphatic heterocycles. The van der Waals surface area contributed by atoms with E-state index in [1.54, 1.807) is 12.1 Å². The first-order valence-electron chi connectivity index (χ1n) is 14.7. The maximum absolute atomic E-state index is 14.3. The van der Waals surface area contributed by atoms with Gasteiger partial charge in [0.05, 0.1) is 29.3 Å². The first kappa shape index (κ1) is 33.7. The lowest BCUT2D eigenvalue weighted by molar-refractivity contribution is -0.137. The summed E-state index contributed by atoms with van der Waals surface area (Å²) in [6, 6.07) is 7.61. The number of amides is 1. The van der Waals surface area contributed by atoms with Gasteiger partial charge in [0.2, 0.25) is 5.91 Å². The number of anilines is 2. The standard InChI is InChI=1S/C30H37ClF3N3O3.C2H6/c1-5-21(18-38)37(6-2)27-23(19(3)4)16-22(17-25(27)30(32,33)34)40-14-13-36-11-9-29(10-12-36)24-15-20(31)7-8-26(24)35-28(29)39;1-2/h6-8,15-17,19,21,38H,2,5,9-14,18H2,1,3-4H3,(H,35,39);1-2H3. The van der Waals surface area contributed by atoms with Gasteiger partial charge in [0.25, 0.3) is 0 Å². The molecule has 1 fully saturated rings. The van der Waals surface area contributed by atoms with Gasteiger partial charge in [0, 0.05) is 17.3 Å². The highest BCUT2D eigenvalue weighted by Gasteiger charge is 2.48. The SMILES string of the molecule is C=CN(c1c(C(C)C)cc(OCCN2CCC3(CC2)C(=O)Nc2ccc(Cl)cc23)cc1C(F)(F)F)C(CC)CO.CC. The second kappa shape index (κ2) is 14.1. The number of piperidine rings is 1. The van der Waals surface area contributed by atoms with Crippen LogP contribution in [0.1, 0.15) is 76.5 Å². The molecule has 2 aromatic carbocycles. The third kappa shape index (κ3) is 6.90. The summed E-state index contributed by atoms with van der Waals surface area (Å²) < 4.78 is 48.9. The average molecular weight is 610 g/mol. The Hall–Kier alpha value is -2.75. The summed E-state index contributed by atoms with van der Waals surface area (Å²) in [6.07, 6.45) is -1.58. The fourth-order valence-corrected chi connectivity index (χ4v) is 6.00. The molecule has 0 bridgehead atoms. The molecule has 0 radical (unpaired) electrons. The zero-order valence-electron chi connectivity index (χ0n) is 25.2. The zero-order valence-corrected chi connectivity index (χ0v) is 25.9. The van der Waals surface area contributed by atoms with E-state index in [0.717, 1.165) is 17.3 Å². The zero-order chi connectivity index (χ0) is 31.2. The van der Waals surface area contributed by atoms with Crippen molar-refractivity contribution >= 4 is 28.9 Å². The van der Waals surface area contributed by atoms with E-state index in [0.29, 0.717) is 49.5 Å². The number of nitrogens with one attached hydrogen (secondary N) is 1. The summed E-state index contributed by atoms with van der Waals surface area (Å²) in [5.74, 6) is -0.0969. The number of benzene rings is 2. The van der Waals surface area contributed by atoms with Crippen LogP contribution in [0.5, 0.6) is 5.75 Å². The molecule has 1 spiro atoms. The Labute approximate surface area is 252 Å². The molecule has 2 N–H and O–H groups in total. The maximum Gasteiger partial charge on any atom is 0.418 e. The highest BCUT2D eigenvalue weighted by atomic mass is 35.5. The number of halogens is 4. The number of rotatable bonds is 10. The summed E-state index contributed by atoms with van der Waals surface area (Å²) in [6.45, 7) is 14.9. The molecule has 0 saturated carbocycles. The number of likely N-dealkylation sites (tertiary alicyclic amines) is 1. The first-order chi connectivity index (χ1) is 19.9. The van der Waals surface area contributed by atoms with E-state index in [1.165, 1.54) is 11.1 Å². The van der Waals surface area contributed by atoms with Crippen molar-refractivity contribution in [2.75, 3.05) is 43.1 Å². The van der Waals surface area contributed by atoms with Crippen molar-refractivity contribution < 1.29 is 27.8 Å². The summed E-state index contributed by atoms with van der Waals surface area (Å²) in [7, 11) is 0. The molecular weight excluding hydrogens is 567 g/mol. The van der Waals surface area contributed by atoms with Gasteiger partial charge in [-0.3, -0.25) is 9.69 Å². The van der Waals surface area contributed by atoms with Crippen molar-refractivity contribution in [3.63, 3.8) is 0 Å². The molecule has 6 nitrogen and oxygen atoms in total. The van der Waals surface area contributed by atoms with Gasteiger partial charge in [0.1, 0.15) is 12.4 Å². The lowest BCUT2D eigenvalue weighted by Crippen LogP contribution is -2.47. The predicted octanol–water partition coefficient (Wildman–Crippen LogP) is 7.59. The number of alkyl halides is 3. The molecule has 0 aliphatic carbocycles. The summed E-state index contributed by atoms with van der Waals surface area (Å²) >= 11 is 6.21. The lowest BCUT2D eigenvalue weighted by atomic mass is 9.73. The van der Waals surface area contributed by atoms with Gasteiger partial charge in [-0.05, 0) is 85.9 Å². The highest BCUT2D eigenvalue weighted by molar-refractivity contribution is 6.31. The Morgan fingerprint density at radius 2 is 1.88 bits per heavy atom. The third-order valence-electron chi connectivity index (χ3n) is 8.14. The number of carbonyl (C=O) groups excluding carboxylic acids is 1. The third-order valence-corrected chi connectivity index (χ3v) is 8.37. The minimum Gasteiger partial charge on any atom is -0.492 e. The second-order valence-electron chi connectivity index (χ2n) is 10.8. The molecule has 2 aromatic rings. The monoisotopic (exact) mass is 609 g/mol. The fourth-order valence-electron chi connectivity index (χ4n) is 5.83. The molecule has 2 heterocycles. The number of fused-ring (bicyclic) bond motifs is 2. The largest absolute Gasteiger partial charge is 0.492 e. The highest BCUT2D eigenvalue weighted by Crippen LogP contribution is 2.46. The van der Waals surface area contributed by atoms with Gasteiger partial charge >= 0.3 is 6.18 Å². The topological polar surface area (TPSA) is 65.0 Å². The summed E-state index contributed by atoms with van der Waals surface area (Å²) in [5.41, 5.74) is 0.786. The molecule has 1 unspecified atom stereocenters. The van der Waals surface area contributed by atoms with Crippen LogP contribution in [0.15, 0.2) is 43.1 Å². The van der Waals surface area contributed by atoms with Crippen LogP contribution in [0.4, 0.5) is 24.5 Å². The number of ether oxygens (including phenoxy) is 1. The van der Waals surface area contributed by atoms with Crippen LogP contribution in [0.3, 0.4) is 0 Å². The fraction of sp³-hybridized carbons (Fsp3) is 0.531. The normalized spacial score (nSPS) is 16.9. The number of carbonyl (C=O) groups is 1. The van der Waals surface area contributed by atoms with Gasteiger partial charge in [-0.25, -0.2) is 0 Å². The van der Waals surface area contributed by atoms with Gasteiger partial charge in [-0.2, -0.15) is 13.2 Å². The van der Waals surface area contributed by atoms with E-state index < -0.39 is 23.2 Å². The Balaban J connectivity index is 0.00000237. The van der Waals surface area contributed by atoms with Crippen LogP contribution in [-0.4, -0.2) is 54.8 Å². The molecule has 0 aromatic heterocycles. The van der Waals surface area contributed by atoms with Gasteiger partial charge in [-0.1, -0.05) is 52.8 Å². The van der Waals surface area contributed by atoms with Gasteiger partial charge in [-0.15, -0.1) is 0 Å². The second-order valence-corrected chi connectivity index (χ2v) is 11.2. The predicted molar refractivity (Wildman–Crippen MR) is 164 cm³/mol. The first-order valence-corrected chi connectivity index (χ1v) is 15.1. The minimum absolute atomic E-state index is 0.00213. The van der Waals surface area contributed by atoms with Crippen molar-refractivity contribution in [2.24, 2.45) is 0 Å². The van der Waals surface area contributed by atoms with E-state index in [4.69, 9.17) is 16.3 Å². The molecule has 4 rings (SSSR count). The van der Waals surface area contributed by atoms with E-state index >= 15 is 0 Å². The van der Waals surface area contributed by atoms with Crippen LogP contribution in [0, 0.1) is 0 Å². The average Bonchev–Trinajstić information content (AvgIpc) is 3.22. The van der Waals surface area contributed by atoms with Crippen LogP contribution in [0.25, 0.3) is 0 Å². The van der Waals surface area contributed by atoms with Crippen LogP contribution < -0.4 is 15.0 Å². The maximum atomic E-state index is 14.3. The number of hydrogen-bond donors (Lipinski definition) is 2. The Morgan fingerprint density at radius 3 is 2.43 bits per heavy atom. The van der Waals surface area contributed by atoms with E-state index in [-0.39, 0.29) is 36.5 Å². The molecule has 232 valence electrons. The van der Waals surface area contributed by atoms with E-state index in [9.17, 15) is 23.1 Å². The van der Waals surface area contributed by atoms with Crippen LogP contribution >= 0.6 is 11.6 Å². The van der Waals surface area contributed by atoms with Crippen molar-refractivity contribution in [3.8, 4) is 5.75 Å². The molecular formula is C32H43ClF3N3O3. The van der Waals surface area contributed by atoms with Gasteiger partial charge in [0.15, 0.2) is 0 Å². The Kier molecular flexibility index (Phi) is 11.4. The van der Waals surface area contributed by atoms with Crippen molar-refractivity contribution in [3.05, 3.63) is 64.8 Å². The number of aliphatic hydroxyl groups excluding tert-OH is 1. The molecule has 42 heavy (non-hydrogen) atoms. The van der Waals surface area contributed by atoms with Crippen molar-refractivity contribution in [1.82, 2.24) is 4.90 Å². The minimum atomic E-state index is -4.63. The smallest absolute Gasteiger partial charge is 0.418 e. The summed E-state index contributed by atoms with van der Waals surface area (Å²) in [5, 5.41) is 13.4. The summed E-state index contributed by atoms with van der Waals surface area (Å²) in [4.78, 5) is 16.5. The number of hydrogen-bond acceptors (Lipinski definition) is 5. The van der Waals surface area contributed by atoms with Gasteiger partial charge < -0.3 is 20.1 Å².